The Bertz CT molecular complexity index is 679. The van der Waals surface area contributed by atoms with Gasteiger partial charge in [0.05, 0.1) is 5.92 Å². The SMILES string of the molecule is Cc1cccc(NC(=O)C2COc3ccccc3C2)c1C. The molecule has 1 aliphatic heterocycles. The molecule has 0 aromatic heterocycles. The second kappa shape index (κ2) is 5.60. The molecule has 3 rings (SSSR count). The lowest BCUT2D eigenvalue weighted by Gasteiger charge is -2.24. The van der Waals surface area contributed by atoms with Crippen molar-refractivity contribution in [2.75, 3.05) is 11.9 Å². The quantitative estimate of drug-likeness (QED) is 0.915. The molecule has 2 aromatic rings. The number of anilines is 1. The molecule has 1 heterocycles. The van der Waals surface area contributed by atoms with Gasteiger partial charge in [0, 0.05) is 5.69 Å². The molecule has 0 bridgehead atoms. The van der Waals surface area contributed by atoms with Crippen molar-refractivity contribution >= 4 is 11.6 Å². The Balaban J connectivity index is 1.74. The summed E-state index contributed by atoms with van der Waals surface area (Å²) < 4.78 is 5.69. The van der Waals surface area contributed by atoms with Gasteiger partial charge < -0.3 is 10.1 Å². The van der Waals surface area contributed by atoms with Crippen molar-refractivity contribution in [3.05, 3.63) is 59.2 Å². The van der Waals surface area contributed by atoms with E-state index in [0.29, 0.717) is 6.61 Å². The number of carbonyl (C=O) groups is 1. The Morgan fingerprint density at radius 3 is 2.81 bits per heavy atom. The number of nitrogens with one attached hydrogen (secondary N) is 1. The first kappa shape index (κ1) is 13.7. The molecule has 3 nitrogen and oxygen atoms in total. The maximum Gasteiger partial charge on any atom is 0.231 e. The van der Waals surface area contributed by atoms with Gasteiger partial charge in [0.15, 0.2) is 0 Å². The highest BCUT2D eigenvalue weighted by atomic mass is 16.5. The molecule has 0 spiro atoms. The van der Waals surface area contributed by atoms with Crippen LogP contribution in [0.15, 0.2) is 42.5 Å². The molecule has 1 atom stereocenters. The van der Waals surface area contributed by atoms with Crippen LogP contribution in [0.4, 0.5) is 5.69 Å². The third kappa shape index (κ3) is 2.77. The van der Waals surface area contributed by atoms with Crippen LogP contribution >= 0.6 is 0 Å². The van der Waals surface area contributed by atoms with Crippen molar-refractivity contribution in [2.45, 2.75) is 20.3 Å². The maximum absolute atomic E-state index is 12.4. The Kier molecular flexibility index (Phi) is 3.65. The van der Waals surface area contributed by atoms with Crippen LogP contribution in [0.5, 0.6) is 5.75 Å². The fraction of sp³-hybridized carbons (Fsp3) is 0.278. The monoisotopic (exact) mass is 281 g/mol. The van der Waals surface area contributed by atoms with Crippen LogP contribution in [0.3, 0.4) is 0 Å². The molecule has 0 radical (unpaired) electrons. The molecule has 108 valence electrons. The van der Waals surface area contributed by atoms with Gasteiger partial charge in [-0.2, -0.15) is 0 Å². The standard InChI is InChI=1S/C18H19NO2/c1-12-6-5-8-16(13(12)2)19-18(20)15-10-14-7-3-4-9-17(14)21-11-15/h3-9,15H,10-11H2,1-2H3,(H,19,20). The van der Waals surface area contributed by atoms with Crippen LogP contribution in [0.25, 0.3) is 0 Å². The number of ether oxygens (including phenoxy) is 1. The van der Waals surface area contributed by atoms with E-state index in [1.165, 1.54) is 5.56 Å². The summed E-state index contributed by atoms with van der Waals surface area (Å²) >= 11 is 0. The van der Waals surface area contributed by atoms with Crippen LogP contribution in [-0.4, -0.2) is 12.5 Å². The first-order valence-electron chi connectivity index (χ1n) is 7.23. The van der Waals surface area contributed by atoms with E-state index >= 15 is 0 Å². The summed E-state index contributed by atoms with van der Waals surface area (Å²) in [6.45, 7) is 4.51. The number of hydrogen-bond acceptors (Lipinski definition) is 2. The summed E-state index contributed by atoms with van der Waals surface area (Å²) in [4.78, 5) is 12.4. The van der Waals surface area contributed by atoms with Crippen LogP contribution < -0.4 is 10.1 Å². The summed E-state index contributed by atoms with van der Waals surface area (Å²) in [5.74, 6) is 0.784. The molecular formula is C18H19NO2. The van der Waals surface area contributed by atoms with Crippen LogP contribution in [0.2, 0.25) is 0 Å². The van der Waals surface area contributed by atoms with E-state index in [9.17, 15) is 4.79 Å². The van der Waals surface area contributed by atoms with Crippen molar-refractivity contribution in [3.8, 4) is 5.75 Å². The molecule has 0 saturated heterocycles. The molecule has 21 heavy (non-hydrogen) atoms. The second-order valence-electron chi connectivity index (χ2n) is 5.56. The maximum atomic E-state index is 12.4. The zero-order valence-electron chi connectivity index (χ0n) is 12.3. The molecule has 3 heteroatoms. The Labute approximate surface area is 124 Å². The molecule has 2 aromatic carbocycles. The van der Waals surface area contributed by atoms with Gasteiger partial charge in [0.2, 0.25) is 5.91 Å². The van der Waals surface area contributed by atoms with E-state index in [1.807, 2.05) is 56.3 Å². The van der Waals surface area contributed by atoms with E-state index in [-0.39, 0.29) is 11.8 Å². The van der Waals surface area contributed by atoms with Gasteiger partial charge in [-0.3, -0.25) is 4.79 Å². The lowest BCUT2D eigenvalue weighted by Crippen LogP contribution is -2.32. The van der Waals surface area contributed by atoms with E-state index < -0.39 is 0 Å². The Hall–Kier alpha value is -2.29. The average molecular weight is 281 g/mol. The predicted molar refractivity (Wildman–Crippen MR) is 83.7 cm³/mol. The fourth-order valence-electron chi connectivity index (χ4n) is 2.62. The Morgan fingerprint density at radius 1 is 1.14 bits per heavy atom. The third-order valence-corrected chi connectivity index (χ3v) is 4.11. The first-order valence-corrected chi connectivity index (χ1v) is 7.23. The van der Waals surface area contributed by atoms with Crippen molar-refractivity contribution in [2.24, 2.45) is 5.92 Å². The summed E-state index contributed by atoms with van der Waals surface area (Å²) in [6, 6.07) is 13.9. The molecule has 1 unspecified atom stereocenters. The zero-order chi connectivity index (χ0) is 14.8. The topological polar surface area (TPSA) is 38.3 Å². The Morgan fingerprint density at radius 2 is 1.95 bits per heavy atom. The van der Waals surface area contributed by atoms with Gasteiger partial charge >= 0.3 is 0 Å². The summed E-state index contributed by atoms with van der Waals surface area (Å²) in [6.07, 6.45) is 0.729. The van der Waals surface area contributed by atoms with Gasteiger partial charge in [0.25, 0.3) is 0 Å². The van der Waals surface area contributed by atoms with Crippen LogP contribution in [-0.2, 0) is 11.2 Å². The van der Waals surface area contributed by atoms with Gasteiger partial charge in [-0.1, -0.05) is 30.3 Å². The molecular weight excluding hydrogens is 262 g/mol. The van der Waals surface area contributed by atoms with Gasteiger partial charge in [-0.15, -0.1) is 0 Å². The van der Waals surface area contributed by atoms with Crippen LogP contribution in [0, 0.1) is 19.8 Å². The largest absolute Gasteiger partial charge is 0.492 e. The van der Waals surface area contributed by atoms with E-state index in [1.54, 1.807) is 0 Å². The number of rotatable bonds is 2. The van der Waals surface area contributed by atoms with Gasteiger partial charge in [-0.05, 0) is 49.1 Å². The minimum absolute atomic E-state index is 0.0261. The molecule has 0 saturated carbocycles. The summed E-state index contributed by atoms with van der Waals surface area (Å²) in [5.41, 5.74) is 4.28. The number of benzene rings is 2. The second-order valence-corrected chi connectivity index (χ2v) is 5.56. The smallest absolute Gasteiger partial charge is 0.231 e. The van der Waals surface area contributed by atoms with Crippen molar-refractivity contribution in [1.29, 1.82) is 0 Å². The highest BCUT2D eigenvalue weighted by molar-refractivity contribution is 5.93. The highest BCUT2D eigenvalue weighted by Gasteiger charge is 2.26. The van der Waals surface area contributed by atoms with E-state index in [2.05, 4.69) is 5.32 Å². The number of amides is 1. The average Bonchev–Trinajstić information content (AvgIpc) is 2.51. The molecule has 1 N–H and O–H groups in total. The highest BCUT2D eigenvalue weighted by Crippen LogP contribution is 2.28. The molecule has 1 aliphatic rings. The lowest BCUT2D eigenvalue weighted by molar-refractivity contribution is -0.121. The minimum Gasteiger partial charge on any atom is -0.492 e. The van der Waals surface area contributed by atoms with Crippen molar-refractivity contribution < 1.29 is 9.53 Å². The fourth-order valence-corrected chi connectivity index (χ4v) is 2.62. The number of aryl methyl sites for hydroxylation is 1. The predicted octanol–water partition coefficient (Wildman–Crippen LogP) is 3.49. The molecule has 0 fully saturated rings. The number of fused-ring (bicyclic) bond motifs is 1. The molecule has 1 amide bonds. The molecule has 0 aliphatic carbocycles. The van der Waals surface area contributed by atoms with E-state index in [0.717, 1.165) is 29.0 Å². The minimum atomic E-state index is -0.139. The van der Waals surface area contributed by atoms with Crippen LogP contribution in [0.1, 0.15) is 16.7 Å². The summed E-state index contributed by atoms with van der Waals surface area (Å²) in [5, 5.41) is 3.03. The summed E-state index contributed by atoms with van der Waals surface area (Å²) in [7, 11) is 0. The van der Waals surface area contributed by atoms with E-state index in [4.69, 9.17) is 4.74 Å². The van der Waals surface area contributed by atoms with Gasteiger partial charge in [-0.25, -0.2) is 0 Å². The van der Waals surface area contributed by atoms with Crippen molar-refractivity contribution in [3.63, 3.8) is 0 Å². The zero-order valence-corrected chi connectivity index (χ0v) is 12.3. The van der Waals surface area contributed by atoms with Crippen molar-refractivity contribution in [1.82, 2.24) is 0 Å². The first-order chi connectivity index (χ1) is 10.1. The lowest BCUT2D eigenvalue weighted by atomic mass is 9.95. The number of carbonyl (C=O) groups excluding carboxylic acids is 1. The van der Waals surface area contributed by atoms with Gasteiger partial charge in [0.1, 0.15) is 12.4 Å². The number of para-hydroxylation sites is 1. The normalized spacial score (nSPS) is 16.8. The number of hydrogen-bond donors (Lipinski definition) is 1. The third-order valence-electron chi connectivity index (χ3n) is 4.11.